The Morgan fingerprint density at radius 1 is 1.19 bits per heavy atom. The van der Waals surface area contributed by atoms with Crippen LogP contribution in [-0.4, -0.2) is 69.5 Å². The number of rotatable bonds is 4. The lowest BCUT2D eigenvalue weighted by Crippen LogP contribution is -2.53. The molecule has 4 heterocycles. The van der Waals surface area contributed by atoms with Crippen molar-refractivity contribution in [3.05, 3.63) is 54.4 Å². The second-order valence-electron chi connectivity index (χ2n) is 6.94. The molecule has 3 atom stereocenters. The smallest absolute Gasteiger partial charge is 0.272 e. The standard InChI is InChI=1S/C19H23N5O2/c1-26-18-5-9-24(19(25)16-4-8-21-13-22-16)17-12-23(11-15(17)18)10-14-2-6-20-7-3-14/h2-4,6-8,13,15,17-18H,5,9-12H2,1H3/t15-,17+,18+/m0/s1. The van der Waals surface area contributed by atoms with Crippen LogP contribution in [0.15, 0.2) is 43.1 Å². The van der Waals surface area contributed by atoms with E-state index in [1.54, 1.807) is 19.4 Å². The molecule has 26 heavy (non-hydrogen) atoms. The van der Waals surface area contributed by atoms with Crippen LogP contribution in [0, 0.1) is 5.92 Å². The number of piperidine rings is 1. The summed E-state index contributed by atoms with van der Waals surface area (Å²) >= 11 is 0. The van der Waals surface area contributed by atoms with E-state index in [1.165, 1.54) is 11.9 Å². The molecule has 0 bridgehead atoms. The van der Waals surface area contributed by atoms with Gasteiger partial charge in [-0.05, 0) is 30.2 Å². The van der Waals surface area contributed by atoms with Gasteiger partial charge in [0.1, 0.15) is 12.0 Å². The van der Waals surface area contributed by atoms with Crippen molar-refractivity contribution in [3.63, 3.8) is 0 Å². The maximum absolute atomic E-state index is 13.0. The maximum atomic E-state index is 13.0. The average molecular weight is 353 g/mol. The van der Waals surface area contributed by atoms with Crippen LogP contribution in [0.1, 0.15) is 22.5 Å². The first-order valence-corrected chi connectivity index (χ1v) is 8.97. The molecule has 0 radical (unpaired) electrons. The summed E-state index contributed by atoms with van der Waals surface area (Å²) in [5.41, 5.74) is 1.70. The molecule has 2 aliphatic rings. The number of aromatic nitrogens is 3. The van der Waals surface area contributed by atoms with E-state index in [9.17, 15) is 4.79 Å². The van der Waals surface area contributed by atoms with Crippen molar-refractivity contribution < 1.29 is 9.53 Å². The van der Waals surface area contributed by atoms with Crippen LogP contribution in [0.5, 0.6) is 0 Å². The van der Waals surface area contributed by atoms with E-state index >= 15 is 0 Å². The fourth-order valence-corrected chi connectivity index (χ4v) is 4.22. The highest BCUT2D eigenvalue weighted by atomic mass is 16.5. The molecule has 0 N–H and O–H groups in total. The molecule has 2 saturated heterocycles. The van der Waals surface area contributed by atoms with E-state index in [0.29, 0.717) is 18.2 Å². The summed E-state index contributed by atoms with van der Waals surface area (Å²) in [5.74, 6) is 0.309. The number of pyridine rings is 1. The number of likely N-dealkylation sites (tertiary alicyclic amines) is 2. The Balaban J connectivity index is 1.53. The van der Waals surface area contributed by atoms with E-state index in [2.05, 4.69) is 19.9 Å². The number of hydrogen-bond acceptors (Lipinski definition) is 6. The monoisotopic (exact) mass is 353 g/mol. The third kappa shape index (κ3) is 3.32. The van der Waals surface area contributed by atoms with Gasteiger partial charge in [0, 0.05) is 57.8 Å². The molecule has 2 aliphatic heterocycles. The van der Waals surface area contributed by atoms with Crippen LogP contribution in [0.25, 0.3) is 0 Å². The van der Waals surface area contributed by atoms with Crippen molar-refractivity contribution in [2.75, 3.05) is 26.7 Å². The Kier molecular flexibility index (Phi) is 4.90. The second-order valence-corrected chi connectivity index (χ2v) is 6.94. The Bertz CT molecular complexity index is 742. The summed E-state index contributed by atoms with van der Waals surface area (Å²) < 4.78 is 5.74. The normalized spacial score (nSPS) is 25.9. The molecule has 0 aliphatic carbocycles. The zero-order chi connectivity index (χ0) is 17.9. The Labute approximate surface area is 153 Å². The first-order chi connectivity index (χ1) is 12.8. The molecule has 7 heteroatoms. The van der Waals surface area contributed by atoms with Crippen LogP contribution in [0.3, 0.4) is 0 Å². The van der Waals surface area contributed by atoms with Gasteiger partial charge in [-0.15, -0.1) is 0 Å². The molecular weight excluding hydrogens is 330 g/mol. The summed E-state index contributed by atoms with van der Waals surface area (Å²) in [6, 6.07) is 5.92. The molecule has 2 aromatic rings. The highest BCUT2D eigenvalue weighted by molar-refractivity contribution is 5.92. The van der Waals surface area contributed by atoms with Crippen molar-refractivity contribution in [2.24, 2.45) is 5.92 Å². The van der Waals surface area contributed by atoms with Gasteiger partial charge in [0.2, 0.25) is 0 Å². The summed E-state index contributed by atoms with van der Waals surface area (Å²) in [5, 5.41) is 0. The van der Waals surface area contributed by atoms with Gasteiger partial charge in [-0.3, -0.25) is 14.7 Å². The van der Waals surface area contributed by atoms with Gasteiger partial charge < -0.3 is 9.64 Å². The number of amides is 1. The van der Waals surface area contributed by atoms with Crippen molar-refractivity contribution in [2.45, 2.75) is 25.1 Å². The SMILES string of the molecule is CO[C@@H]1CCN(C(=O)c2ccncn2)[C@@H]2CN(Cc3ccncc3)C[C@@H]21. The van der Waals surface area contributed by atoms with Crippen molar-refractivity contribution in [1.82, 2.24) is 24.8 Å². The second kappa shape index (κ2) is 7.47. The van der Waals surface area contributed by atoms with Crippen molar-refractivity contribution >= 4 is 5.91 Å². The Hall–Kier alpha value is -2.38. The third-order valence-electron chi connectivity index (χ3n) is 5.46. The fourth-order valence-electron chi connectivity index (χ4n) is 4.22. The number of nitrogens with zero attached hydrogens (tertiary/aromatic N) is 5. The molecule has 7 nitrogen and oxygen atoms in total. The van der Waals surface area contributed by atoms with Gasteiger partial charge in [-0.1, -0.05) is 0 Å². The molecular formula is C19H23N5O2. The lowest BCUT2D eigenvalue weighted by molar-refractivity contribution is -0.0158. The van der Waals surface area contributed by atoms with Crippen molar-refractivity contribution in [3.8, 4) is 0 Å². The average Bonchev–Trinajstić information content (AvgIpc) is 3.11. The van der Waals surface area contributed by atoms with Gasteiger partial charge >= 0.3 is 0 Å². The summed E-state index contributed by atoms with van der Waals surface area (Å²) in [6.45, 7) is 3.34. The van der Waals surface area contributed by atoms with E-state index in [0.717, 1.165) is 26.1 Å². The van der Waals surface area contributed by atoms with Crippen LogP contribution in [0.4, 0.5) is 0 Å². The van der Waals surface area contributed by atoms with E-state index in [1.807, 2.05) is 29.4 Å². The molecule has 0 aromatic carbocycles. The van der Waals surface area contributed by atoms with Crippen LogP contribution >= 0.6 is 0 Å². The minimum absolute atomic E-state index is 0.0114. The predicted molar refractivity (Wildman–Crippen MR) is 95.3 cm³/mol. The first kappa shape index (κ1) is 17.1. The first-order valence-electron chi connectivity index (χ1n) is 8.97. The summed E-state index contributed by atoms with van der Waals surface area (Å²) in [4.78, 5) is 29.5. The molecule has 1 amide bonds. The minimum Gasteiger partial charge on any atom is -0.381 e. The lowest BCUT2D eigenvalue weighted by Gasteiger charge is -2.40. The zero-order valence-electron chi connectivity index (χ0n) is 14.9. The van der Waals surface area contributed by atoms with E-state index in [4.69, 9.17) is 4.74 Å². The predicted octanol–water partition coefficient (Wildman–Crippen LogP) is 1.23. The number of methoxy groups -OCH3 is 1. The van der Waals surface area contributed by atoms with Gasteiger partial charge in [0.25, 0.3) is 5.91 Å². The highest BCUT2D eigenvalue weighted by Gasteiger charge is 2.46. The van der Waals surface area contributed by atoms with Crippen LogP contribution in [0.2, 0.25) is 0 Å². The zero-order valence-corrected chi connectivity index (χ0v) is 14.9. The van der Waals surface area contributed by atoms with Gasteiger partial charge in [0.05, 0.1) is 12.1 Å². The number of ether oxygens (including phenoxy) is 1. The van der Waals surface area contributed by atoms with Gasteiger partial charge in [-0.2, -0.15) is 0 Å². The molecule has 136 valence electrons. The molecule has 0 spiro atoms. The number of fused-ring (bicyclic) bond motifs is 1. The van der Waals surface area contributed by atoms with E-state index in [-0.39, 0.29) is 18.1 Å². The van der Waals surface area contributed by atoms with E-state index < -0.39 is 0 Å². The fraction of sp³-hybridized carbons (Fsp3) is 0.474. The Morgan fingerprint density at radius 3 is 2.73 bits per heavy atom. The van der Waals surface area contributed by atoms with Crippen LogP contribution in [-0.2, 0) is 11.3 Å². The lowest BCUT2D eigenvalue weighted by atomic mass is 9.88. The number of carbonyl (C=O) groups excluding carboxylic acids is 1. The highest BCUT2D eigenvalue weighted by Crippen LogP contribution is 2.33. The van der Waals surface area contributed by atoms with Gasteiger partial charge in [0.15, 0.2) is 0 Å². The maximum Gasteiger partial charge on any atom is 0.272 e. The number of hydrogen-bond donors (Lipinski definition) is 0. The molecule has 0 saturated carbocycles. The van der Waals surface area contributed by atoms with Crippen LogP contribution < -0.4 is 0 Å². The molecule has 4 rings (SSSR count). The summed E-state index contributed by atoms with van der Waals surface area (Å²) in [6.07, 6.45) is 7.73. The molecule has 0 unspecified atom stereocenters. The number of carbonyl (C=O) groups is 1. The molecule has 2 aromatic heterocycles. The topological polar surface area (TPSA) is 71.5 Å². The molecule has 2 fully saturated rings. The third-order valence-corrected chi connectivity index (χ3v) is 5.46. The summed E-state index contributed by atoms with van der Waals surface area (Å²) in [7, 11) is 1.77. The van der Waals surface area contributed by atoms with Gasteiger partial charge in [-0.25, -0.2) is 9.97 Å². The largest absolute Gasteiger partial charge is 0.381 e. The van der Waals surface area contributed by atoms with Crippen molar-refractivity contribution in [1.29, 1.82) is 0 Å². The minimum atomic E-state index is -0.0114. The Morgan fingerprint density at radius 2 is 2.00 bits per heavy atom. The quantitative estimate of drug-likeness (QED) is 0.823.